The first-order valence-electron chi connectivity index (χ1n) is 6.07. The van der Waals surface area contributed by atoms with E-state index >= 15 is 0 Å². The maximum absolute atomic E-state index is 10.9. The molecular weight excluding hydrogens is 212 g/mol. The molecule has 0 atom stereocenters. The zero-order valence-electron chi connectivity index (χ0n) is 10.8. The first-order chi connectivity index (χ1) is 8.17. The van der Waals surface area contributed by atoms with E-state index in [0.717, 1.165) is 36.2 Å². The topological polar surface area (TPSA) is 26.3 Å². The Bertz CT molecular complexity index is 392. The van der Waals surface area contributed by atoms with Crippen molar-refractivity contribution in [3.8, 4) is 5.75 Å². The Balaban J connectivity index is 2.87. The van der Waals surface area contributed by atoms with Gasteiger partial charge in [-0.2, -0.15) is 0 Å². The number of ether oxygens (including phenoxy) is 1. The van der Waals surface area contributed by atoms with Gasteiger partial charge in [0, 0.05) is 0 Å². The van der Waals surface area contributed by atoms with Crippen LogP contribution in [0.2, 0.25) is 0 Å². The predicted molar refractivity (Wildman–Crippen MR) is 71.1 cm³/mol. The first kappa shape index (κ1) is 13.5. The van der Waals surface area contributed by atoms with Crippen molar-refractivity contribution in [3.05, 3.63) is 35.4 Å². The highest BCUT2D eigenvalue weighted by atomic mass is 16.5. The molecule has 0 saturated carbocycles. The molecule has 1 aromatic carbocycles. The lowest BCUT2D eigenvalue weighted by Crippen LogP contribution is -1.96. The van der Waals surface area contributed by atoms with Crippen LogP contribution in [0.1, 0.15) is 32.8 Å². The Hall–Kier alpha value is -1.57. The Morgan fingerprint density at radius 2 is 2.18 bits per heavy atom. The Labute approximate surface area is 103 Å². The summed E-state index contributed by atoms with van der Waals surface area (Å²) in [5.41, 5.74) is 1.81. The molecular formula is C15H20O2. The summed E-state index contributed by atoms with van der Waals surface area (Å²) in [6, 6.07) is 7.81. The highest BCUT2D eigenvalue weighted by Gasteiger charge is 2.02. The van der Waals surface area contributed by atoms with Gasteiger partial charge in [0.2, 0.25) is 0 Å². The molecule has 92 valence electrons. The second-order valence-electron chi connectivity index (χ2n) is 4.34. The molecule has 0 aliphatic rings. The van der Waals surface area contributed by atoms with Crippen molar-refractivity contribution in [1.29, 1.82) is 0 Å². The SMILES string of the molecule is CCCOc1cccc(C=C(C=O)C(C)C)c1. The standard InChI is InChI=1S/C15H20O2/c1-4-8-17-15-7-5-6-13(10-15)9-14(11-16)12(2)3/h5-7,9-12H,4,8H2,1-3H3. The molecule has 17 heavy (non-hydrogen) atoms. The van der Waals surface area contributed by atoms with Crippen LogP contribution in [0.25, 0.3) is 6.08 Å². The minimum atomic E-state index is 0.243. The average Bonchev–Trinajstić information content (AvgIpc) is 2.33. The molecule has 0 spiro atoms. The highest BCUT2D eigenvalue weighted by molar-refractivity contribution is 5.82. The van der Waals surface area contributed by atoms with Crippen molar-refractivity contribution in [2.24, 2.45) is 5.92 Å². The normalized spacial score (nSPS) is 11.6. The van der Waals surface area contributed by atoms with Crippen LogP contribution < -0.4 is 4.74 Å². The van der Waals surface area contributed by atoms with Gasteiger partial charge in [-0.25, -0.2) is 0 Å². The summed E-state index contributed by atoms with van der Waals surface area (Å²) in [5.74, 6) is 1.10. The third-order valence-electron chi connectivity index (χ3n) is 2.47. The molecule has 0 N–H and O–H groups in total. The number of carbonyl (C=O) groups is 1. The molecule has 0 fully saturated rings. The molecule has 2 nitrogen and oxygen atoms in total. The second kappa shape index (κ2) is 6.89. The molecule has 0 saturated heterocycles. The molecule has 0 bridgehead atoms. The number of aldehydes is 1. The molecule has 1 aromatic rings. The van der Waals surface area contributed by atoms with Crippen LogP contribution >= 0.6 is 0 Å². The van der Waals surface area contributed by atoms with Crippen molar-refractivity contribution < 1.29 is 9.53 Å². The molecule has 0 aliphatic carbocycles. The minimum absolute atomic E-state index is 0.243. The zero-order valence-corrected chi connectivity index (χ0v) is 10.8. The number of hydrogen-bond donors (Lipinski definition) is 0. The Kier molecular flexibility index (Phi) is 5.47. The van der Waals surface area contributed by atoms with Crippen molar-refractivity contribution in [1.82, 2.24) is 0 Å². The molecule has 2 heteroatoms. The van der Waals surface area contributed by atoms with E-state index in [0.29, 0.717) is 0 Å². The van der Waals surface area contributed by atoms with E-state index in [-0.39, 0.29) is 5.92 Å². The number of benzene rings is 1. The van der Waals surface area contributed by atoms with Gasteiger partial charge in [-0.05, 0) is 41.7 Å². The quantitative estimate of drug-likeness (QED) is 0.552. The molecule has 0 aromatic heterocycles. The summed E-state index contributed by atoms with van der Waals surface area (Å²) in [5, 5.41) is 0. The third kappa shape index (κ3) is 4.43. The fourth-order valence-electron chi connectivity index (χ4n) is 1.44. The summed E-state index contributed by atoms with van der Waals surface area (Å²) in [6.45, 7) is 6.82. The van der Waals surface area contributed by atoms with Gasteiger partial charge in [0.15, 0.2) is 0 Å². The van der Waals surface area contributed by atoms with Crippen LogP contribution in [-0.4, -0.2) is 12.9 Å². The van der Waals surface area contributed by atoms with Gasteiger partial charge in [0.25, 0.3) is 0 Å². The molecule has 0 heterocycles. The summed E-state index contributed by atoms with van der Waals surface area (Å²) in [4.78, 5) is 10.9. The maximum Gasteiger partial charge on any atom is 0.146 e. The monoisotopic (exact) mass is 232 g/mol. The van der Waals surface area contributed by atoms with Crippen molar-refractivity contribution in [2.75, 3.05) is 6.61 Å². The van der Waals surface area contributed by atoms with Gasteiger partial charge >= 0.3 is 0 Å². The Morgan fingerprint density at radius 1 is 1.41 bits per heavy atom. The van der Waals surface area contributed by atoms with E-state index in [1.165, 1.54) is 0 Å². The fraction of sp³-hybridized carbons (Fsp3) is 0.400. The van der Waals surface area contributed by atoms with Gasteiger partial charge in [-0.1, -0.05) is 32.9 Å². The first-order valence-corrected chi connectivity index (χ1v) is 6.07. The molecule has 1 rings (SSSR count). The minimum Gasteiger partial charge on any atom is -0.494 e. The van der Waals surface area contributed by atoms with E-state index in [2.05, 4.69) is 6.92 Å². The van der Waals surface area contributed by atoms with Crippen LogP contribution in [0.15, 0.2) is 29.8 Å². The highest BCUT2D eigenvalue weighted by Crippen LogP contribution is 2.18. The largest absolute Gasteiger partial charge is 0.494 e. The zero-order chi connectivity index (χ0) is 12.7. The number of rotatable bonds is 6. The number of carbonyl (C=O) groups excluding carboxylic acids is 1. The van der Waals surface area contributed by atoms with Gasteiger partial charge in [-0.3, -0.25) is 4.79 Å². The molecule has 0 unspecified atom stereocenters. The van der Waals surface area contributed by atoms with Crippen molar-refractivity contribution in [2.45, 2.75) is 27.2 Å². The van der Waals surface area contributed by atoms with Crippen molar-refractivity contribution in [3.63, 3.8) is 0 Å². The maximum atomic E-state index is 10.9. The second-order valence-corrected chi connectivity index (χ2v) is 4.34. The number of hydrogen-bond acceptors (Lipinski definition) is 2. The van der Waals surface area contributed by atoms with Crippen LogP contribution in [0.5, 0.6) is 5.75 Å². The van der Waals surface area contributed by atoms with E-state index in [9.17, 15) is 4.79 Å². The smallest absolute Gasteiger partial charge is 0.146 e. The fourth-order valence-corrected chi connectivity index (χ4v) is 1.44. The van der Waals surface area contributed by atoms with Gasteiger partial charge < -0.3 is 4.74 Å². The van der Waals surface area contributed by atoms with Crippen LogP contribution in [-0.2, 0) is 4.79 Å². The van der Waals surface area contributed by atoms with E-state index < -0.39 is 0 Å². The average molecular weight is 232 g/mol. The lowest BCUT2D eigenvalue weighted by Gasteiger charge is -2.07. The summed E-state index contributed by atoms with van der Waals surface area (Å²) >= 11 is 0. The molecule has 0 radical (unpaired) electrons. The summed E-state index contributed by atoms with van der Waals surface area (Å²) < 4.78 is 5.55. The van der Waals surface area contributed by atoms with Crippen LogP contribution in [0.4, 0.5) is 0 Å². The van der Waals surface area contributed by atoms with E-state index in [1.54, 1.807) is 0 Å². The predicted octanol–water partition coefficient (Wildman–Crippen LogP) is 3.71. The molecule has 0 aliphatic heterocycles. The summed E-state index contributed by atoms with van der Waals surface area (Å²) in [7, 11) is 0. The third-order valence-corrected chi connectivity index (χ3v) is 2.47. The lowest BCUT2D eigenvalue weighted by atomic mass is 10.0. The lowest BCUT2D eigenvalue weighted by molar-refractivity contribution is -0.105. The summed E-state index contributed by atoms with van der Waals surface area (Å²) in [6.07, 6.45) is 3.83. The molecule has 0 amide bonds. The van der Waals surface area contributed by atoms with E-state index in [1.807, 2.05) is 44.2 Å². The van der Waals surface area contributed by atoms with Crippen molar-refractivity contribution >= 4 is 12.4 Å². The van der Waals surface area contributed by atoms with Crippen LogP contribution in [0.3, 0.4) is 0 Å². The van der Waals surface area contributed by atoms with Crippen LogP contribution in [0, 0.1) is 5.92 Å². The Morgan fingerprint density at radius 3 is 2.76 bits per heavy atom. The number of allylic oxidation sites excluding steroid dienone is 1. The van der Waals surface area contributed by atoms with Gasteiger partial charge in [0.1, 0.15) is 12.0 Å². The van der Waals surface area contributed by atoms with E-state index in [4.69, 9.17) is 4.74 Å². The van der Waals surface area contributed by atoms with Gasteiger partial charge in [0.05, 0.1) is 6.61 Å². The van der Waals surface area contributed by atoms with Gasteiger partial charge in [-0.15, -0.1) is 0 Å².